The molecule has 0 atom stereocenters. The van der Waals surface area contributed by atoms with E-state index in [9.17, 15) is 13.2 Å². The topological polar surface area (TPSA) is 74.7 Å². The number of rotatable bonds is 4. The van der Waals surface area contributed by atoms with E-state index in [2.05, 4.69) is 0 Å². The molecule has 0 spiro atoms. The fourth-order valence-electron chi connectivity index (χ4n) is 2.01. The van der Waals surface area contributed by atoms with Crippen LogP contribution in [-0.4, -0.2) is 31.8 Å². The van der Waals surface area contributed by atoms with Gasteiger partial charge >= 0.3 is 5.97 Å². The third kappa shape index (κ3) is 3.35. The minimum Gasteiger partial charge on any atom is -0.481 e. The van der Waals surface area contributed by atoms with E-state index in [-0.39, 0.29) is 12.2 Å². The predicted molar refractivity (Wildman–Crippen MR) is 73.5 cm³/mol. The summed E-state index contributed by atoms with van der Waals surface area (Å²) < 4.78 is 25.0. The molecule has 0 bridgehead atoms. The average Bonchev–Trinajstić information content (AvgIpc) is 2.69. The molecule has 5 nitrogen and oxygen atoms in total. The second-order valence-electron chi connectivity index (χ2n) is 4.34. The van der Waals surface area contributed by atoms with Crippen LogP contribution in [0.1, 0.15) is 18.4 Å². The maximum Gasteiger partial charge on any atom is 0.307 e. The Bertz CT molecular complexity index is 607. The summed E-state index contributed by atoms with van der Waals surface area (Å²) in [5.74, 6) is -0.707. The molecule has 102 valence electrons. The summed E-state index contributed by atoms with van der Waals surface area (Å²) in [6, 6.07) is 7.08. The van der Waals surface area contributed by atoms with Crippen molar-refractivity contribution >= 4 is 27.8 Å². The van der Waals surface area contributed by atoms with Crippen molar-refractivity contribution in [2.24, 2.45) is 0 Å². The first kappa shape index (κ1) is 13.6. The highest BCUT2D eigenvalue weighted by molar-refractivity contribution is 7.93. The van der Waals surface area contributed by atoms with Crippen LogP contribution >= 0.6 is 0 Å². The lowest BCUT2D eigenvalue weighted by atomic mass is 10.1. The summed E-state index contributed by atoms with van der Waals surface area (Å²) in [4.78, 5) is 10.4. The number of carbonyl (C=O) groups is 1. The van der Waals surface area contributed by atoms with Gasteiger partial charge in [0.05, 0.1) is 17.9 Å². The van der Waals surface area contributed by atoms with Crippen molar-refractivity contribution in [3.8, 4) is 0 Å². The molecule has 0 saturated carbocycles. The number of hydrogen-bond acceptors (Lipinski definition) is 3. The molecule has 0 aromatic heterocycles. The number of benzene rings is 1. The van der Waals surface area contributed by atoms with Gasteiger partial charge in [0.1, 0.15) is 0 Å². The van der Waals surface area contributed by atoms with Crippen LogP contribution in [0, 0.1) is 0 Å². The first-order valence-electron chi connectivity index (χ1n) is 5.98. The molecule has 0 radical (unpaired) electrons. The largest absolute Gasteiger partial charge is 0.481 e. The molecule has 1 aliphatic heterocycles. The normalized spacial score (nSPS) is 18.0. The summed E-state index contributed by atoms with van der Waals surface area (Å²) in [5, 5.41) is 8.55. The quantitative estimate of drug-likeness (QED) is 0.911. The number of carboxylic acid groups (broad SMARTS) is 1. The van der Waals surface area contributed by atoms with Crippen molar-refractivity contribution in [2.75, 3.05) is 16.6 Å². The molecule has 1 heterocycles. The first-order chi connectivity index (χ1) is 8.99. The number of sulfonamides is 1. The zero-order valence-electron chi connectivity index (χ0n) is 10.3. The summed E-state index contributed by atoms with van der Waals surface area (Å²) in [7, 11) is -3.18. The van der Waals surface area contributed by atoms with Crippen LogP contribution in [0.15, 0.2) is 30.3 Å². The number of hydrogen-bond donors (Lipinski definition) is 1. The number of carboxylic acids is 1. The Kier molecular flexibility index (Phi) is 3.90. The number of nitrogens with zero attached hydrogens (tertiary/aromatic N) is 1. The fraction of sp³-hybridized carbons (Fsp3) is 0.308. The summed E-state index contributed by atoms with van der Waals surface area (Å²) >= 11 is 0. The minimum atomic E-state index is -3.18. The van der Waals surface area contributed by atoms with Crippen molar-refractivity contribution in [1.82, 2.24) is 0 Å². The Morgan fingerprint density at radius 3 is 2.84 bits per heavy atom. The second-order valence-corrected chi connectivity index (χ2v) is 6.35. The smallest absolute Gasteiger partial charge is 0.307 e. The molecule has 0 unspecified atom stereocenters. The maximum atomic E-state index is 11.8. The molecule has 1 N–H and O–H groups in total. The van der Waals surface area contributed by atoms with Gasteiger partial charge in [0.2, 0.25) is 10.0 Å². The Labute approximate surface area is 112 Å². The zero-order valence-corrected chi connectivity index (χ0v) is 11.1. The molecule has 19 heavy (non-hydrogen) atoms. The van der Waals surface area contributed by atoms with E-state index in [0.29, 0.717) is 18.7 Å². The van der Waals surface area contributed by atoms with Gasteiger partial charge in [-0.05, 0) is 24.1 Å². The highest BCUT2D eigenvalue weighted by atomic mass is 32.2. The molecule has 0 aliphatic carbocycles. The SMILES string of the molecule is O=C(O)CC=Cc1cccc(N2CCCS2(=O)=O)c1. The summed E-state index contributed by atoms with van der Waals surface area (Å²) in [6.45, 7) is 0.505. The van der Waals surface area contributed by atoms with Gasteiger partial charge in [0.25, 0.3) is 0 Å². The summed E-state index contributed by atoms with van der Waals surface area (Å²) in [6.07, 6.45) is 3.81. The zero-order chi connectivity index (χ0) is 13.9. The molecule has 1 saturated heterocycles. The highest BCUT2D eigenvalue weighted by Crippen LogP contribution is 2.25. The van der Waals surface area contributed by atoms with E-state index in [4.69, 9.17) is 5.11 Å². The van der Waals surface area contributed by atoms with Gasteiger partial charge in [-0.25, -0.2) is 8.42 Å². The highest BCUT2D eigenvalue weighted by Gasteiger charge is 2.28. The molecule has 1 aromatic carbocycles. The fourth-order valence-corrected chi connectivity index (χ4v) is 3.57. The van der Waals surface area contributed by atoms with Gasteiger partial charge < -0.3 is 5.11 Å². The summed E-state index contributed by atoms with van der Waals surface area (Å²) in [5.41, 5.74) is 1.43. The molecule has 2 rings (SSSR count). The minimum absolute atomic E-state index is 0.0494. The average molecular weight is 281 g/mol. The van der Waals surface area contributed by atoms with E-state index in [1.807, 2.05) is 6.07 Å². The number of aliphatic carboxylic acids is 1. The van der Waals surface area contributed by atoms with Crippen LogP contribution in [0.3, 0.4) is 0 Å². The van der Waals surface area contributed by atoms with E-state index in [0.717, 1.165) is 5.56 Å². The van der Waals surface area contributed by atoms with Crippen LogP contribution in [0.2, 0.25) is 0 Å². The Hall–Kier alpha value is -1.82. The van der Waals surface area contributed by atoms with E-state index >= 15 is 0 Å². The number of anilines is 1. The van der Waals surface area contributed by atoms with Gasteiger partial charge in [0, 0.05) is 6.54 Å². The van der Waals surface area contributed by atoms with Gasteiger partial charge in [-0.2, -0.15) is 0 Å². The Morgan fingerprint density at radius 1 is 1.42 bits per heavy atom. The van der Waals surface area contributed by atoms with Gasteiger partial charge in [-0.1, -0.05) is 24.3 Å². The van der Waals surface area contributed by atoms with E-state index in [1.165, 1.54) is 4.31 Å². The predicted octanol–water partition coefficient (Wildman–Crippen LogP) is 1.71. The van der Waals surface area contributed by atoms with Crippen LogP contribution in [0.5, 0.6) is 0 Å². The van der Waals surface area contributed by atoms with Crippen molar-refractivity contribution in [3.63, 3.8) is 0 Å². The van der Waals surface area contributed by atoms with Crippen molar-refractivity contribution in [2.45, 2.75) is 12.8 Å². The second kappa shape index (κ2) is 5.44. The lowest BCUT2D eigenvalue weighted by Gasteiger charge is -2.17. The molecule has 1 fully saturated rings. The van der Waals surface area contributed by atoms with Crippen molar-refractivity contribution < 1.29 is 18.3 Å². The van der Waals surface area contributed by atoms with Crippen LogP contribution in [0.25, 0.3) is 6.08 Å². The van der Waals surface area contributed by atoms with Crippen molar-refractivity contribution in [1.29, 1.82) is 0 Å². The standard InChI is InChI=1S/C13H15NO4S/c15-13(16)7-2-5-11-4-1-6-12(10-11)14-8-3-9-19(14,17)18/h1-2,4-6,10H,3,7-9H2,(H,15,16). The molecular weight excluding hydrogens is 266 g/mol. The third-order valence-electron chi connectivity index (χ3n) is 2.86. The molecule has 1 aromatic rings. The van der Waals surface area contributed by atoms with Gasteiger partial charge in [0.15, 0.2) is 0 Å². The van der Waals surface area contributed by atoms with Gasteiger partial charge in [-0.15, -0.1) is 0 Å². The van der Waals surface area contributed by atoms with Crippen molar-refractivity contribution in [3.05, 3.63) is 35.9 Å². The Morgan fingerprint density at radius 2 is 2.21 bits per heavy atom. The third-order valence-corrected chi connectivity index (χ3v) is 4.73. The monoisotopic (exact) mass is 281 g/mol. The lowest BCUT2D eigenvalue weighted by molar-refractivity contribution is -0.135. The van der Waals surface area contributed by atoms with Crippen LogP contribution in [-0.2, 0) is 14.8 Å². The maximum absolute atomic E-state index is 11.8. The first-order valence-corrected chi connectivity index (χ1v) is 7.59. The van der Waals surface area contributed by atoms with E-state index < -0.39 is 16.0 Å². The molecule has 0 amide bonds. The Balaban J connectivity index is 2.20. The molecule has 6 heteroatoms. The van der Waals surface area contributed by atoms with E-state index in [1.54, 1.807) is 30.4 Å². The molecule has 1 aliphatic rings. The molecular formula is C13H15NO4S. The van der Waals surface area contributed by atoms with Gasteiger partial charge in [-0.3, -0.25) is 9.10 Å². The van der Waals surface area contributed by atoms with Crippen LogP contribution in [0.4, 0.5) is 5.69 Å². The van der Waals surface area contributed by atoms with Crippen LogP contribution < -0.4 is 4.31 Å². The lowest BCUT2D eigenvalue weighted by Crippen LogP contribution is -2.24.